The van der Waals surface area contributed by atoms with E-state index in [0.29, 0.717) is 36.5 Å². The molecule has 156 valence electrons. The fourth-order valence-corrected chi connectivity index (χ4v) is 3.34. The van der Waals surface area contributed by atoms with Crippen LogP contribution in [0.5, 0.6) is 5.75 Å². The van der Waals surface area contributed by atoms with Crippen LogP contribution in [0.25, 0.3) is 0 Å². The molecule has 1 aliphatic rings. The first-order valence-corrected chi connectivity index (χ1v) is 9.97. The van der Waals surface area contributed by atoms with Gasteiger partial charge in [0.1, 0.15) is 11.3 Å². The lowest BCUT2D eigenvalue weighted by molar-refractivity contribution is 0.0947. The van der Waals surface area contributed by atoms with Gasteiger partial charge in [0.05, 0.1) is 12.8 Å². The summed E-state index contributed by atoms with van der Waals surface area (Å²) in [4.78, 5) is 35.7. The molecule has 8 nitrogen and oxygen atoms in total. The number of nitrogens with zero attached hydrogens (tertiary/aromatic N) is 3. The van der Waals surface area contributed by atoms with E-state index in [4.69, 9.17) is 16.3 Å². The van der Waals surface area contributed by atoms with Gasteiger partial charge >= 0.3 is 0 Å². The number of amides is 1. The van der Waals surface area contributed by atoms with E-state index < -0.39 is 11.5 Å². The van der Waals surface area contributed by atoms with Crippen LogP contribution in [0.3, 0.4) is 0 Å². The second kappa shape index (κ2) is 9.17. The lowest BCUT2D eigenvalue weighted by Gasteiger charge is -2.36. The number of aromatic nitrogens is 2. The van der Waals surface area contributed by atoms with Gasteiger partial charge < -0.3 is 19.9 Å². The van der Waals surface area contributed by atoms with Gasteiger partial charge in [-0.15, -0.1) is 0 Å². The molecule has 2 aromatic rings. The number of ether oxygens (including phenoxy) is 1. The maximum atomic E-state index is 12.4. The van der Waals surface area contributed by atoms with Crippen LogP contribution in [-0.4, -0.2) is 55.7 Å². The molecule has 2 N–H and O–H groups in total. The molecule has 2 heterocycles. The third kappa shape index (κ3) is 5.00. The fraction of sp³-hybridized carbons (Fsp3) is 0.450. The minimum absolute atomic E-state index is 0.0247. The first-order valence-electron chi connectivity index (χ1n) is 9.60. The van der Waals surface area contributed by atoms with Gasteiger partial charge in [-0.25, -0.2) is 4.98 Å². The zero-order valence-corrected chi connectivity index (χ0v) is 17.6. The van der Waals surface area contributed by atoms with Gasteiger partial charge in [-0.2, -0.15) is 0 Å². The number of hydrogen-bond acceptors (Lipinski definition) is 6. The molecule has 1 amide bonds. The van der Waals surface area contributed by atoms with E-state index in [-0.39, 0.29) is 5.56 Å². The molecule has 0 saturated carbocycles. The summed E-state index contributed by atoms with van der Waals surface area (Å²) in [5, 5.41) is 3.39. The number of H-pyrrole nitrogens is 1. The Balaban J connectivity index is 1.67. The molecule has 0 radical (unpaired) electrons. The Labute approximate surface area is 174 Å². The van der Waals surface area contributed by atoms with Crippen molar-refractivity contribution in [2.24, 2.45) is 5.92 Å². The third-order valence-corrected chi connectivity index (χ3v) is 5.00. The van der Waals surface area contributed by atoms with Gasteiger partial charge in [-0.1, -0.05) is 25.4 Å². The number of methoxy groups -OCH3 is 1. The number of carbonyl (C=O) groups excluding carboxylic acids is 1. The number of benzene rings is 1. The highest BCUT2D eigenvalue weighted by Crippen LogP contribution is 2.32. The van der Waals surface area contributed by atoms with Gasteiger partial charge in [-0.3, -0.25) is 14.6 Å². The van der Waals surface area contributed by atoms with Crippen LogP contribution in [0.2, 0.25) is 5.02 Å². The molecule has 1 aliphatic heterocycles. The average Bonchev–Trinajstić information content (AvgIpc) is 2.72. The van der Waals surface area contributed by atoms with E-state index in [0.717, 1.165) is 24.5 Å². The van der Waals surface area contributed by atoms with E-state index in [1.165, 1.54) is 6.20 Å². The SMILES string of the molecule is COc1ccc(Cl)cc1N1CCN(c2ncc(C(=O)NCC(C)C)c(=O)[nH]2)CC1. The molecule has 0 atom stereocenters. The molecular formula is C20H26ClN5O3. The highest BCUT2D eigenvalue weighted by atomic mass is 35.5. The van der Waals surface area contributed by atoms with Crippen LogP contribution < -0.4 is 25.4 Å². The average molecular weight is 420 g/mol. The van der Waals surface area contributed by atoms with E-state index >= 15 is 0 Å². The molecule has 0 spiro atoms. The van der Waals surface area contributed by atoms with Gasteiger partial charge in [0, 0.05) is 43.9 Å². The Morgan fingerprint density at radius 1 is 1.28 bits per heavy atom. The summed E-state index contributed by atoms with van der Waals surface area (Å²) >= 11 is 6.14. The molecular weight excluding hydrogens is 394 g/mol. The van der Waals surface area contributed by atoms with Gasteiger partial charge in [0.2, 0.25) is 5.95 Å². The van der Waals surface area contributed by atoms with Crippen LogP contribution in [0, 0.1) is 5.92 Å². The fourth-order valence-electron chi connectivity index (χ4n) is 3.17. The number of piperazine rings is 1. The number of carbonyl (C=O) groups is 1. The predicted octanol–water partition coefficient (Wildman–Crippen LogP) is 2.14. The summed E-state index contributed by atoms with van der Waals surface area (Å²) in [6.45, 7) is 7.26. The minimum atomic E-state index is -0.435. The first-order chi connectivity index (χ1) is 13.9. The predicted molar refractivity (Wildman–Crippen MR) is 114 cm³/mol. The minimum Gasteiger partial charge on any atom is -0.495 e. The quantitative estimate of drug-likeness (QED) is 0.745. The highest BCUT2D eigenvalue weighted by Gasteiger charge is 2.22. The van der Waals surface area contributed by atoms with Gasteiger partial charge in [-0.05, 0) is 24.1 Å². The summed E-state index contributed by atoms with van der Waals surface area (Å²) in [6, 6.07) is 5.54. The Morgan fingerprint density at radius 2 is 1.97 bits per heavy atom. The summed E-state index contributed by atoms with van der Waals surface area (Å²) in [5.74, 6) is 1.14. The Hall–Kier alpha value is -2.74. The molecule has 0 aliphatic carbocycles. The number of hydrogen-bond donors (Lipinski definition) is 2. The molecule has 29 heavy (non-hydrogen) atoms. The van der Waals surface area contributed by atoms with Crippen molar-refractivity contribution < 1.29 is 9.53 Å². The van der Waals surface area contributed by atoms with Crippen LogP contribution in [0.1, 0.15) is 24.2 Å². The molecule has 3 rings (SSSR count). The Kier molecular flexibility index (Phi) is 6.64. The molecule has 1 fully saturated rings. The van der Waals surface area contributed by atoms with Crippen LogP contribution in [0.4, 0.5) is 11.6 Å². The van der Waals surface area contributed by atoms with Crippen LogP contribution in [0.15, 0.2) is 29.2 Å². The van der Waals surface area contributed by atoms with Crippen molar-refractivity contribution in [3.8, 4) is 5.75 Å². The molecule has 0 unspecified atom stereocenters. The lowest BCUT2D eigenvalue weighted by Crippen LogP contribution is -2.47. The second-order valence-corrected chi connectivity index (χ2v) is 7.78. The number of anilines is 2. The van der Waals surface area contributed by atoms with Crippen molar-refractivity contribution in [3.63, 3.8) is 0 Å². The first kappa shape index (κ1) is 21.0. The Morgan fingerprint density at radius 3 is 2.59 bits per heavy atom. The standard InChI is InChI=1S/C20H26ClN5O3/c1-13(2)11-22-18(27)15-12-23-20(24-19(15)28)26-8-6-25(7-9-26)16-10-14(21)4-5-17(16)29-3/h4-5,10,12-13H,6-9,11H2,1-3H3,(H,22,27)(H,23,24,28). The van der Waals surface area contributed by atoms with Crippen molar-refractivity contribution in [3.05, 3.63) is 45.3 Å². The van der Waals surface area contributed by atoms with Crippen molar-refractivity contribution >= 4 is 29.1 Å². The van der Waals surface area contributed by atoms with Crippen molar-refractivity contribution in [1.29, 1.82) is 0 Å². The van der Waals surface area contributed by atoms with Crippen molar-refractivity contribution in [1.82, 2.24) is 15.3 Å². The zero-order valence-electron chi connectivity index (χ0n) is 16.9. The largest absolute Gasteiger partial charge is 0.495 e. The second-order valence-electron chi connectivity index (χ2n) is 7.34. The van der Waals surface area contributed by atoms with E-state index in [1.54, 1.807) is 13.2 Å². The number of aromatic amines is 1. The van der Waals surface area contributed by atoms with E-state index in [1.807, 2.05) is 30.9 Å². The van der Waals surface area contributed by atoms with E-state index in [9.17, 15) is 9.59 Å². The highest BCUT2D eigenvalue weighted by molar-refractivity contribution is 6.30. The number of nitrogens with one attached hydrogen (secondary N) is 2. The van der Waals surface area contributed by atoms with Crippen molar-refractivity contribution in [2.75, 3.05) is 49.6 Å². The summed E-state index contributed by atoms with van der Waals surface area (Å²) < 4.78 is 5.44. The maximum Gasteiger partial charge on any atom is 0.265 e. The summed E-state index contributed by atoms with van der Waals surface area (Å²) in [5.41, 5.74) is 0.533. The normalized spacial score (nSPS) is 14.2. The van der Waals surface area contributed by atoms with Crippen molar-refractivity contribution in [2.45, 2.75) is 13.8 Å². The number of rotatable bonds is 6. The topological polar surface area (TPSA) is 90.6 Å². The molecule has 0 bridgehead atoms. The molecule has 9 heteroatoms. The number of halogens is 1. The molecule has 1 aromatic carbocycles. The molecule has 1 saturated heterocycles. The van der Waals surface area contributed by atoms with E-state index in [2.05, 4.69) is 20.2 Å². The smallest absolute Gasteiger partial charge is 0.265 e. The maximum absolute atomic E-state index is 12.4. The van der Waals surface area contributed by atoms with Gasteiger partial charge in [0.15, 0.2) is 0 Å². The van der Waals surface area contributed by atoms with Crippen LogP contribution in [-0.2, 0) is 0 Å². The monoisotopic (exact) mass is 419 g/mol. The van der Waals surface area contributed by atoms with Crippen LogP contribution >= 0.6 is 11.6 Å². The summed E-state index contributed by atoms with van der Waals surface area (Å²) in [7, 11) is 1.64. The van der Waals surface area contributed by atoms with Gasteiger partial charge in [0.25, 0.3) is 11.5 Å². The Bertz CT molecular complexity index is 923. The third-order valence-electron chi connectivity index (χ3n) is 4.76. The zero-order chi connectivity index (χ0) is 21.0. The summed E-state index contributed by atoms with van der Waals surface area (Å²) in [6.07, 6.45) is 1.34. The molecule has 1 aromatic heterocycles. The lowest BCUT2D eigenvalue weighted by atomic mass is 10.2.